The second-order valence-corrected chi connectivity index (χ2v) is 16.0. The minimum atomic E-state index is -2.43. The smallest absolute Gasteiger partial charge is 0.337 e. The van der Waals surface area contributed by atoms with E-state index in [2.05, 4.69) is 6.92 Å². The van der Waals surface area contributed by atoms with Crippen LogP contribution in [0.2, 0.25) is 0 Å². The van der Waals surface area contributed by atoms with Gasteiger partial charge in [-0.25, -0.2) is 14.4 Å². The number of allylic oxidation sites excluding steroid dienone is 1. The minimum absolute atomic E-state index is 0.0183. The van der Waals surface area contributed by atoms with Crippen LogP contribution in [0.1, 0.15) is 60.3 Å². The third-order valence-electron chi connectivity index (χ3n) is 14.7. The Morgan fingerprint density at radius 3 is 2.37 bits per heavy atom. The fraction of sp³-hybridized carbons (Fsp3) is 0.686. The summed E-state index contributed by atoms with van der Waals surface area (Å²) in [4.78, 5) is 39.7. The number of fused-ring (bicyclic) bond motifs is 9. The van der Waals surface area contributed by atoms with Crippen molar-refractivity contribution in [3.8, 4) is 0 Å². The molecule has 0 bridgehead atoms. The van der Waals surface area contributed by atoms with Crippen LogP contribution in [0.25, 0.3) is 0 Å². The molecule has 0 amide bonds. The molecular formula is C35H40O11. The van der Waals surface area contributed by atoms with Crippen molar-refractivity contribution in [2.45, 2.75) is 89.0 Å². The molecule has 11 heteroatoms. The molecule has 0 saturated heterocycles. The summed E-state index contributed by atoms with van der Waals surface area (Å²) in [5.74, 6) is -6.38. The van der Waals surface area contributed by atoms with Crippen LogP contribution in [0.15, 0.2) is 45.1 Å². The van der Waals surface area contributed by atoms with Crippen LogP contribution in [0.5, 0.6) is 0 Å². The number of aliphatic hydroxyl groups is 5. The van der Waals surface area contributed by atoms with Gasteiger partial charge in [0.15, 0.2) is 5.60 Å². The molecule has 0 radical (unpaired) electrons. The second kappa shape index (κ2) is 8.06. The summed E-state index contributed by atoms with van der Waals surface area (Å²) < 4.78 is 17.8. The Labute approximate surface area is 265 Å². The average Bonchev–Trinajstić information content (AvgIpc) is 3.91. The first-order chi connectivity index (χ1) is 21.5. The van der Waals surface area contributed by atoms with Gasteiger partial charge in [0.25, 0.3) is 5.79 Å². The Balaban J connectivity index is 1.30. The van der Waals surface area contributed by atoms with Crippen molar-refractivity contribution in [1.82, 2.24) is 0 Å². The molecule has 1 spiro atoms. The van der Waals surface area contributed by atoms with Gasteiger partial charge in [0.1, 0.15) is 18.3 Å². The van der Waals surface area contributed by atoms with E-state index in [0.717, 1.165) is 0 Å². The molecule has 0 aromatic carbocycles. The Morgan fingerprint density at radius 1 is 1.00 bits per heavy atom. The SMILES string of the molecule is C/C=C(\C)C(=O)OCC1(O)C2CC2C2(C)C3CC4(O)C5=C(C6=C(C)C(=O)OC6(O)C(O)C5(C)C5CC54)C34OC(=O)C(CO)=C4CC12. The van der Waals surface area contributed by atoms with Crippen molar-refractivity contribution in [3.05, 3.63) is 45.1 Å². The fourth-order valence-corrected chi connectivity index (χ4v) is 12.4. The summed E-state index contributed by atoms with van der Waals surface area (Å²) in [6.45, 7) is 7.84. The molecule has 0 aromatic heterocycles. The van der Waals surface area contributed by atoms with Gasteiger partial charge in [-0.1, -0.05) is 19.9 Å². The summed E-state index contributed by atoms with van der Waals surface area (Å²) in [7, 11) is 0. The van der Waals surface area contributed by atoms with Gasteiger partial charge in [0, 0.05) is 39.5 Å². The topological polar surface area (TPSA) is 180 Å². The average molecular weight is 637 g/mol. The maximum absolute atomic E-state index is 13.8. The number of carbonyl (C=O) groups is 3. The number of rotatable bonds is 4. The normalized spacial score (nSPS) is 53.5. The molecule has 11 nitrogen and oxygen atoms in total. The Hall–Kier alpha value is -2.83. The monoisotopic (exact) mass is 636 g/mol. The number of hydrogen-bond donors (Lipinski definition) is 5. The standard InChI is InChI=1S/C35H40O11/c1-6-13(2)26(37)44-12-33(42)20-7-17(20)30(4)21(33)9-16-15(11-36)28(39)45-34(16)22(30)10-32(41)19-8-18(19)31(5)25(32)24(34)23-14(3)27(38)46-35(23,43)29(31)40/h6,17-22,29,36,40-43H,7-12H2,1-5H3/b13-6+. The summed E-state index contributed by atoms with van der Waals surface area (Å²) in [5.41, 5.74) is -4.65. The number of ether oxygens (including phenoxy) is 3. The molecule has 13 unspecified atom stereocenters. The van der Waals surface area contributed by atoms with Crippen LogP contribution in [0.3, 0.4) is 0 Å². The van der Waals surface area contributed by atoms with Crippen molar-refractivity contribution in [2.24, 2.45) is 46.3 Å². The predicted molar refractivity (Wildman–Crippen MR) is 156 cm³/mol. The van der Waals surface area contributed by atoms with E-state index in [4.69, 9.17) is 14.2 Å². The Morgan fingerprint density at radius 2 is 1.70 bits per heavy atom. The van der Waals surface area contributed by atoms with Gasteiger partial charge in [-0.05, 0) is 86.7 Å². The zero-order valence-electron chi connectivity index (χ0n) is 26.5. The molecule has 46 heavy (non-hydrogen) atoms. The van der Waals surface area contributed by atoms with E-state index >= 15 is 0 Å². The van der Waals surface area contributed by atoms with E-state index in [1.165, 1.54) is 6.92 Å². The van der Waals surface area contributed by atoms with Crippen molar-refractivity contribution < 1.29 is 54.1 Å². The lowest BCUT2D eigenvalue weighted by atomic mass is 9.42. The van der Waals surface area contributed by atoms with Crippen LogP contribution in [-0.2, 0) is 28.6 Å². The third-order valence-corrected chi connectivity index (χ3v) is 14.7. The van der Waals surface area contributed by atoms with Crippen LogP contribution < -0.4 is 0 Å². The van der Waals surface area contributed by atoms with Gasteiger partial charge in [-0.15, -0.1) is 0 Å². The maximum Gasteiger partial charge on any atom is 0.337 e. The van der Waals surface area contributed by atoms with Gasteiger partial charge in [-0.2, -0.15) is 0 Å². The first-order valence-corrected chi connectivity index (χ1v) is 16.5. The van der Waals surface area contributed by atoms with Gasteiger partial charge in [-0.3, -0.25) is 0 Å². The van der Waals surface area contributed by atoms with E-state index in [-0.39, 0.29) is 59.8 Å². The van der Waals surface area contributed by atoms with Crippen LogP contribution >= 0.6 is 0 Å². The molecule has 5 fully saturated rings. The van der Waals surface area contributed by atoms with E-state index in [1.54, 1.807) is 26.8 Å². The molecule has 5 N–H and O–H groups in total. The van der Waals surface area contributed by atoms with Gasteiger partial charge >= 0.3 is 17.9 Å². The molecule has 246 valence electrons. The Kier molecular flexibility index (Phi) is 5.14. The number of aliphatic hydroxyl groups excluding tert-OH is 2. The number of carbonyl (C=O) groups excluding carboxylic acids is 3. The van der Waals surface area contributed by atoms with Crippen LogP contribution in [0.4, 0.5) is 0 Å². The quantitative estimate of drug-likeness (QED) is 0.170. The van der Waals surface area contributed by atoms with Crippen molar-refractivity contribution in [3.63, 3.8) is 0 Å². The maximum atomic E-state index is 13.8. The molecule has 0 aromatic rings. The first kappa shape index (κ1) is 29.3. The molecule has 9 rings (SSSR count). The molecule has 2 heterocycles. The van der Waals surface area contributed by atoms with Crippen LogP contribution in [0, 0.1) is 46.3 Å². The zero-order valence-corrected chi connectivity index (χ0v) is 26.5. The summed E-state index contributed by atoms with van der Waals surface area (Å²) in [6, 6.07) is 0. The van der Waals surface area contributed by atoms with Crippen molar-refractivity contribution in [1.29, 1.82) is 0 Å². The highest BCUT2D eigenvalue weighted by Crippen LogP contribution is 2.84. The zero-order chi connectivity index (χ0) is 32.9. The van der Waals surface area contributed by atoms with E-state index in [1.807, 2.05) is 0 Å². The molecule has 2 aliphatic heterocycles. The minimum Gasteiger partial charge on any atom is -0.459 e. The summed E-state index contributed by atoms with van der Waals surface area (Å²) >= 11 is 0. The van der Waals surface area contributed by atoms with Gasteiger partial charge in [0.2, 0.25) is 0 Å². The van der Waals surface area contributed by atoms with E-state index < -0.39 is 75.9 Å². The fourth-order valence-electron chi connectivity index (χ4n) is 12.4. The molecule has 13 atom stereocenters. The third kappa shape index (κ3) is 2.72. The lowest BCUT2D eigenvalue weighted by Crippen LogP contribution is -2.69. The van der Waals surface area contributed by atoms with Gasteiger partial charge < -0.3 is 39.7 Å². The van der Waals surface area contributed by atoms with E-state index in [0.29, 0.717) is 35.1 Å². The summed E-state index contributed by atoms with van der Waals surface area (Å²) in [6.07, 6.45) is 1.61. The van der Waals surface area contributed by atoms with E-state index in [9.17, 15) is 39.9 Å². The lowest BCUT2D eigenvalue weighted by Gasteiger charge is -2.64. The highest BCUT2D eigenvalue weighted by molar-refractivity contribution is 5.98. The molecule has 9 aliphatic rings. The highest BCUT2D eigenvalue weighted by atomic mass is 16.7. The molecule has 7 aliphatic carbocycles. The summed E-state index contributed by atoms with van der Waals surface area (Å²) in [5, 5.41) is 60.1. The second-order valence-electron chi connectivity index (χ2n) is 16.0. The van der Waals surface area contributed by atoms with Crippen molar-refractivity contribution >= 4 is 17.9 Å². The number of hydrogen-bond acceptors (Lipinski definition) is 11. The molecular weight excluding hydrogens is 596 g/mol. The largest absolute Gasteiger partial charge is 0.459 e. The highest BCUT2D eigenvalue weighted by Gasteiger charge is 2.87. The number of esters is 3. The van der Waals surface area contributed by atoms with Crippen molar-refractivity contribution in [2.75, 3.05) is 13.2 Å². The lowest BCUT2D eigenvalue weighted by molar-refractivity contribution is -0.244. The molecule has 5 saturated carbocycles. The first-order valence-electron chi connectivity index (χ1n) is 16.5. The Bertz CT molecular complexity index is 1740. The van der Waals surface area contributed by atoms with Gasteiger partial charge in [0.05, 0.1) is 17.8 Å². The predicted octanol–water partition coefficient (Wildman–Crippen LogP) is 1.13. The van der Waals surface area contributed by atoms with Crippen LogP contribution in [-0.4, -0.2) is 85.3 Å².